The first-order valence-corrected chi connectivity index (χ1v) is 7.15. The summed E-state index contributed by atoms with van der Waals surface area (Å²) in [4.78, 5) is 20.9. The molecule has 1 heterocycles. The second-order valence-electron chi connectivity index (χ2n) is 5.28. The van der Waals surface area contributed by atoms with Gasteiger partial charge in [0.05, 0.1) is 17.9 Å². The summed E-state index contributed by atoms with van der Waals surface area (Å²) < 4.78 is 10.6. The van der Waals surface area contributed by atoms with Gasteiger partial charge in [-0.05, 0) is 33.1 Å². The van der Waals surface area contributed by atoms with Gasteiger partial charge in [-0.15, -0.1) is 0 Å². The quantitative estimate of drug-likeness (QED) is 0.749. The van der Waals surface area contributed by atoms with Crippen LogP contribution in [0.1, 0.15) is 67.8 Å². The number of aromatic nitrogens is 2. The highest BCUT2D eigenvalue weighted by atomic mass is 16.5. The Kier molecular flexibility index (Phi) is 4.38. The first-order valence-electron chi connectivity index (χ1n) is 7.15. The van der Waals surface area contributed by atoms with E-state index >= 15 is 0 Å². The third-order valence-electron chi connectivity index (χ3n) is 3.88. The standard InChI is InChI=1S/C15H22N2O3/c1-5-15(3,19-4)14-16-9-11(13(18)20-6-2)12(17-14)10-7-8-10/h9-10H,5-8H2,1-4H3. The van der Waals surface area contributed by atoms with Crippen LogP contribution in [0.3, 0.4) is 0 Å². The molecular weight excluding hydrogens is 256 g/mol. The highest BCUT2D eigenvalue weighted by Crippen LogP contribution is 2.41. The van der Waals surface area contributed by atoms with E-state index in [-0.39, 0.29) is 5.97 Å². The third-order valence-corrected chi connectivity index (χ3v) is 3.88. The van der Waals surface area contributed by atoms with Gasteiger partial charge in [0.1, 0.15) is 5.60 Å². The zero-order valence-corrected chi connectivity index (χ0v) is 12.6. The summed E-state index contributed by atoms with van der Waals surface area (Å²) in [6.07, 6.45) is 4.49. The molecule has 1 fully saturated rings. The summed E-state index contributed by atoms with van der Waals surface area (Å²) in [6, 6.07) is 0. The lowest BCUT2D eigenvalue weighted by Gasteiger charge is -2.25. The lowest BCUT2D eigenvalue weighted by molar-refractivity contribution is -0.00926. The molecule has 0 aromatic carbocycles. The molecule has 5 heteroatoms. The normalized spacial score (nSPS) is 17.6. The van der Waals surface area contributed by atoms with E-state index in [1.165, 1.54) is 0 Å². The molecule has 1 aliphatic rings. The monoisotopic (exact) mass is 278 g/mol. The fourth-order valence-corrected chi connectivity index (χ4v) is 2.08. The minimum atomic E-state index is -0.517. The van der Waals surface area contributed by atoms with Crippen molar-refractivity contribution >= 4 is 5.97 Å². The van der Waals surface area contributed by atoms with Crippen molar-refractivity contribution < 1.29 is 14.3 Å². The predicted molar refractivity (Wildman–Crippen MR) is 74.6 cm³/mol. The summed E-state index contributed by atoms with van der Waals surface area (Å²) in [5, 5.41) is 0. The van der Waals surface area contributed by atoms with E-state index in [9.17, 15) is 4.79 Å². The Bertz CT molecular complexity index is 494. The molecule has 1 unspecified atom stereocenters. The Labute approximate surface area is 119 Å². The number of methoxy groups -OCH3 is 1. The van der Waals surface area contributed by atoms with Crippen LogP contribution in [0.15, 0.2) is 6.20 Å². The van der Waals surface area contributed by atoms with E-state index in [0.717, 1.165) is 25.0 Å². The Morgan fingerprint density at radius 3 is 2.65 bits per heavy atom. The van der Waals surface area contributed by atoms with Crippen molar-refractivity contribution in [2.24, 2.45) is 0 Å². The van der Waals surface area contributed by atoms with Crippen LogP contribution in [-0.2, 0) is 15.1 Å². The molecule has 0 aliphatic heterocycles. The molecule has 2 rings (SSSR count). The fraction of sp³-hybridized carbons (Fsp3) is 0.667. The van der Waals surface area contributed by atoms with E-state index in [1.807, 2.05) is 13.8 Å². The zero-order chi connectivity index (χ0) is 14.8. The molecule has 1 atom stereocenters. The summed E-state index contributed by atoms with van der Waals surface area (Å²) in [5.41, 5.74) is 0.787. The molecule has 1 aromatic heterocycles. The Morgan fingerprint density at radius 2 is 2.15 bits per heavy atom. The van der Waals surface area contributed by atoms with Crippen LogP contribution in [0.2, 0.25) is 0 Å². The van der Waals surface area contributed by atoms with Crippen LogP contribution in [0.5, 0.6) is 0 Å². The molecule has 0 N–H and O–H groups in total. The number of hydrogen-bond acceptors (Lipinski definition) is 5. The van der Waals surface area contributed by atoms with Gasteiger partial charge in [-0.3, -0.25) is 0 Å². The second-order valence-corrected chi connectivity index (χ2v) is 5.28. The minimum Gasteiger partial charge on any atom is -0.462 e. The van der Waals surface area contributed by atoms with Crippen molar-refractivity contribution in [1.82, 2.24) is 9.97 Å². The van der Waals surface area contributed by atoms with Gasteiger partial charge >= 0.3 is 5.97 Å². The summed E-state index contributed by atoms with van der Waals surface area (Å²) >= 11 is 0. The third kappa shape index (κ3) is 2.82. The highest BCUT2D eigenvalue weighted by molar-refractivity contribution is 5.90. The number of carbonyl (C=O) groups is 1. The number of ether oxygens (including phenoxy) is 2. The van der Waals surface area contributed by atoms with Gasteiger partial charge in [0.25, 0.3) is 0 Å². The Balaban J connectivity index is 2.40. The minimum absolute atomic E-state index is 0.337. The van der Waals surface area contributed by atoms with E-state index in [1.54, 1.807) is 20.2 Å². The molecule has 1 saturated carbocycles. The molecule has 1 aromatic rings. The predicted octanol–water partition coefficient (Wildman–Crippen LogP) is 2.80. The van der Waals surface area contributed by atoms with Gasteiger partial charge in [-0.1, -0.05) is 6.92 Å². The average Bonchev–Trinajstić information content (AvgIpc) is 3.30. The maximum atomic E-state index is 12.0. The maximum absolute atomic E-state index is 12.0. The lowest BCUT2D eigenvalue weighted by Crippen LogP contribution is -2.27. The molecule has 0 amide bonds. The van der Waals surface area contributed by atoms with E-state index in [4.69, 9.17) is 9.47 Å². The molecule has 110 valence electrons. The van der Waals surface area contributed by atoms with Crippen molar-refractivity contribution in [3.8, 4) is 0 Å². The number of rotatable bonds is 6. The average molecular weight is 278 g/mol. The van der Waals surface area contributed by atoms with Crippen molar-refractivity contribution in [3.05, 3.63) is 23.3 Å². The summed E-state index contributed by atoms with van der Waals surface area (Å²) in [7, 11) is 1.66. The SMILES string of the molecule is CCOC(=O)c1cnc(C(C)(CC)OC)nc1C1CC1. The van der Waals surface area contributed by atoms with Gasteiger partial charge in [-0.25, -0.2) is 14.8 Å². The first kappa shape index (κ1) is 14.9. The molecule has 1 aliphatic carbocycles. The van der Waals surface area contributed by atoms with Crippen LogP contribution < -0.4 is 0 Å². The lowest BCUT2D eigenvalue weighted by atomic mass is 10.0. The molecule has 5 nitrogen and oxygen atoms in total. The van der Waals surface area contributed by atoms with Crippen LogP contribution in [0, 0.1) is 0 Å². The van der Waals surface area contributed by atoms with E-state index < -0.39 is 5.60 Å². The maximum Gasteiger partial charge on any atom is 0.341 e. The number of carbonyl (C=O) groups excluding carboxylic acids is 1. The molecule has 0 saturated heterocycles. The topological polar surface area (TPSA) is 61.3 Å². The van der Waals surface area contributed by atoms with Crippen LogP contribution in [-0.4, -0.2) is 29.7 Å². The largest absolute Gasteiger partial charge is 0.462 e. The van der Waals surface area contributed by atoms with Gasteiger partial charge in [0.15, 0.2) is 5.82 Å². The number of hydrogen-bond donors (Lipinski definition) is 0. The van der Waals surface area contributed by atoms with Crippen molar-refractivity contribution in [2.75, 3.05) is 13.7 Å². The summed E-state index contributed by atoms with van der Waals surface area (Å²) in [6.45, 7) is 6.14. The van der Waals surface area contributed by atoms with Crippen LogP contribution in [0.4, 0.5) is 0 Å². The molecule has 0 bridgehead atoms. The molecule has 0 radical (unpaired) electrons. The van der Waals surface area contributed by atoms with E-state index in [2.05, 4.69) is 9.97 Å². The summed E-state index contributed by atoms with van der Waals surface area (Å²) in [5.74, 6) is 0.656. The Hall–Kier alpha value is -1.49. The van der Waals surface area contributed by atoms with Crippen LogP contribution >= 0.6 is 0 Å². The number of esters is 1. The van der Waals surface area contributed by atoms with E-state index in [0.29, 0.717) is 23.9 Å². The van der Waals surface area contributed by atoms with Crippen molar-refractivity contribution in [3.63, 3.8) is 0 Å². The Morgan fingerprint density at radius 1 is 1.45 bits per heavy atom. The van der Waals surface area contributed by atoms with Crippen LogP contribution in [0.25, 0.3) is 0 Å². The number of nitrogens with zero attached hydrogens (tertiary/aromatic N) is 2. The molecular formula is C15H22N2O3. The van der Waals surface area contributed by atoms with Gasteiger partial charge in [0, 0.05) is 19.2 Å². The zero-order valence-electron chi connectivity index (χ0n) is 12.6. The molecule has 0 spiro atoms. The fourth-order valence-electron chi connectivity index (χ4n) is 2.08. The van der Waals surface area contributed by atoms with Gasteiger partial charge in [-0.2, -0.15) is 0 Å². The van der Waals surface area contributed by atoms with Crippen molar-refractivity contribution in [1.29, 1.82) is 0 Å². The van der Waals surface area contributed by atoms with Gasteiger partial charge < -0.3 is 9.47 Å². The highest BCUT2D eigenvalue weighted by Gasteiger charge is 2.34. The van der Waals surface area contributed by atoms with Crippen molar-refractivity contribution in [2.45, 2.75) is 51.6 Å². The molecule has 20 heavy (non-hydrogen) atoms. The first-order chi connectivity index (χ1) is 9.55. The second kappa shape index (κ2) is 5.87. The van der Waals surface area contributed by atoms with Gasteiger partial charge in [0.2, 0.25) is 0 Å². The smallest absolute Gasteiger partial charge is 0.341 e.